The molecule has 4 aromatic rings. The summed E-state index contributed by atoms with van der Waals surface area (Å²) in [6.45, 7) is 10.2. The molecule has 0 aliphatic carbocycles. The fraction of sp³-hybridized carbons (Fsp3) is 0.370. The molecule has 7 nitrogen and oxygen atoms in total. The number of nitrogens with zero attached hydrogens (tertiary/aromatic N) is 2. The summed E-state index contributed by atoms with van der Waals surface area (Å²) in [5.74, 6) is 0.560. The quantitative estimate of drug-likeness (QED) is 0.387. The number of hydrogen-bond donors (Lipinski definition) is 3. The zero-order valence-corrected chi connectivity index (χ0v) is 20.2. The highest BCUT2D eigenvalue weighted by Gasteiger charge is 2.21. The maximum Gasteiger partial charge on any atom is 0.273 e. The molecule has 1 unspecified atom stereocenters. The summed E-state index contributed by atoms with van der Waals surface area (Å²) in [5, 5.41) is 7.49. The average Bonchev–Trinajstić information content (AvgIpc) is 3.44. The number of aromatic amines is 1. The molecule has 0 bridgehead atoms. The van der Waals surface area contributed by atoms with Crippen LogP contribution in [0.5, 0.6) is 0 Å². The first-order valence-corrected chi connectivity index (χ1v) is 12.0. The minimum atomic E-state index is -0.194. The monoisotopic (exact) mass is 457 g/mol. The largest absolute Gasteiger partial charge is 0.444 e. The molecule has 1 saturated heterocycles. The molecule has 7 heteroatoms. The van der Waals surface area contributed by atoms with Crippen molar-refractivity contribution in [3.63, 3.8) is 0 Å². The number of H-pyrrole nitrogens is 1. The molecule has 0 saturated carbocycles. The summed E-state index contributed by atoms with van der Waals surface area (Å²) in [7, 11) is 0. The van der Waals surface area contributed by atoms with Crippen LogP contribution in [0, 0.1) is 13.8 Å². The lowest BCUT2D eigenvalue weighted by molar-refractivity contribution is 0.0925. The number of fused-ring (bicyclic) bond motifs is 1. The zero-order chi connectivity index (χ0) is 23.8. The van der Waals surface area contributed by atoms with E-state index in [1.807, 2.05) is 19.9 Å². The van der Waals surface area contributed by atoms with Crippen LogP contribution in [-0.2, 0) is 0 Å². The van der Waals surface area contributed by atoms with Crippen molar-refractivity contribution in [2.45, 2.75) is 52.5 Å². The van der Waals surface area contributed by atoms with E-state index in [0.29, 0.717) is 17.5 Å². The molecule has 1 aliphatic heterocycles. The van der Waals surface area contributed by atoms with E-state index in [4.69, 9.17) is 4.42 Å². The van der Waals surface area contributed by atoms with Gasteiger partial charge in [0.15, 0.2) is 5.69 Å². The molecule has 1 fully saturated rings. The summed E-state index contributed by atoms with van der Waals surface area (Å²) >= 11 is 0. The lowest BCUT2D eigenvalue weighted by Crippen LogP contribution is -2.45. The highest BCUT2D eigenvalue weighted by atomic mass is 16.3. The molecule has 4 heterocycles. The number of nitrogens with one attached hydrogen (secondary N) is 3. The van der Waals surface area contributed by atoms with Gasteiger partial charge in [0.05, 0.1) is 5.69 Å². The van der Waals surface area contributed by atoms with Gasteiger partial charge in [-0.05, 0) is 75.0 Å². The smallest absolute Gasteiger partial charge is 0.273 e. The van der Waals surface area contributed by atoms with E-state index in [2.05, 4.69) is 63.7 Å². The number of benzene rings is 1. The van der Waals surface area contributed by atoms with Crippen LogP contribution < -0.4 is 10.6 Å². The highest BCUT2D eigenvalue weighted by molar-refractivity contribution is 5.95. The third-order valence-electron chi connectivity index (χ3n) is 6.40. The van der Waals surface area contributed by atoms with Crippen LogP contribution in [0.25, 0.3) is 33.6 Å². The van der Waals surface area contributed by atoms with Crippen LogP contribution in [0.2, 0.25) is 0 Å². The Morgan fingerprint density at radius 2 is 1.91 bits per heavy atom. The van der Waals surface area contributed by atoms with Gasteiger partial charge < -0.3 is 20.0 Å². The summed E-state index contributed by atoms with van der Waals surface area (Å²) in [4.78, 5) is 25.3. The Bertz CT molecular complexity index is 1320. The number of piperidine rings is 1. The first-order valence-electron chi connectivity index (χ1n) is 12.0. The maximum absolute atomic E-state index is 12.7. The summed E-state index contributed by atoms with van der Waals surface area (Å²) < 4.78 is 5.73. The van der Waals surface area contributed by atoms with Gasteiger partial charge >= 0.3 is 0 Å². The Labute approximate surface area is 199 Å². The van der Waals surface area contributed by atoms with Crippen LogP contribution in [0.4, 0.5) is 0 Å². The second-order valence-corrected chi connectivity index (χ2v) is 9.52. The molecule has 3 aromatic heterocycles. The molecule has 176 valence electrons. The minimum Gasteiger partial charge on any atom is -0.444 e. The maximum atomic E-state index is 12.7. The van der Waals surface area contributed by atoms with Gasteiger partial charge in [0.25, 0.3) is 5.91 Å². The molecule has 1 aliphatic rings. The van der Waals surface area contributed by atoms with Crippen molar-refractivity contribution >= 4 is 16.8 Å². The van der Waals surface area contributed by atoms with Crippen molar-refractivity contribution in [3.8, 4) is 22.7 Å². The van der Waals surface area contributed by atoms with Gasteiger partial charge in [-0.2, -0.15) is 0 Å². The first-order chi connectivity index (χ1) is 16.4. The van der Waals surface area contributed by atoms with E-state index in [0.717, 1.165) is 65.0 Å². The predicted molar refractivity (Wildman–Crippen MR) is 134 cm³/mol. The second kappa shape index (κ2) is 9.06. The number of carbonyl (C=O) groups excluding carboxylic acids is 1. The number of amides is 1. The standard InChI is InChI=1S/C27H31N5O2/c1-15(2)24-21-12-18(7-8-22(21)31-25(24)19-10-16(3)29-17(4)11-19)27-32-23(14-34-27)26(33)30-20-6-5-9-28-13-20/h7-8,10-12,14-15,20,28,31H,5-6,9,13H2,1-4H3,(H,30,33). The van der Waals surface area contributed by atoms with Crippen molar-refractivity contribution < 1.29 is 9.21 Å². The van der Waals surface area contributed by atoms with Crippen molar-refractivity contribution in [3.05, 3.63) is 59.2 Å². The summed E-state index contributed by atoms with van der Waals surface area (Å²) in [6.07, 6.45) is 3.48. The number of pyridine rings is 1. The van der Waals surface area contributed by atoms with Gasteiger partial charge in [0, 0.05) is 46.0 Å². The Morgan fingerprint density at radius 1 is 1.12 bits per heavy atom. The third kappa shape index (κ3) is 4.35. The number of oxazole rings is 1. The molecule has 3 N–H and O–H groups in total. The number of aromatic nitrogens is 3. The van der Waals surface area contributed by atoms with E-state index >= 15 is 0 Å². The number of rotatable bonds is 5. The fourth-order valence-corrected chi connectivity index (χ4v) is 4.90. The lowest BCUT2D eigenvalue weighted by Gasteiger charge is -2.23. The zero-order valence-electron chi connectivity index (χ0n) is 20.2. The van der Waals surface area contributed by atoms with Gasteiger partial charge in [-0.15, -0.1) is 0 Å². The van der Waals surface area contributed by atoms with Crippen molar-refractivity contribution in [1.29, 1.82) is 0 Å². The molecular weight excluding hydrogens is 426 g/mol. The Kier molecular flexibility index (Phi) is 5.96. The van der Waals surface area contributed by atoms with Crippen molar-refractivity contribution in [2.24, 2.45) is 0 Å². The normalized spacial score (nSPS) is 16.3. The van der Waals surface area contributed by atoms with Crippen molar-refractivity contribution in [1.82, 2.24) is 25.6 Å². The number of aryl methyl sites for hydroxylation is 2. The van der Waals surface area contributed by atoms with Crippen LogP contribution >= 0.6 is 0 Å². The Morgan fingerprint density at radius 3 is 2.62 bits per heavy atom. The second-order valence-electron chi connectivity index (χ2n) is 9.52. The predicted octanol–water partition coefficient (Wildman–Crippen LogP) is 5.11. The van der Waals surface area contributed by atoms with Crippen LogP contribution in [-0.4, -0.2) is 40.0 Å². The summed E-state index contributed by atoms with van der Waals surface area (Å²) in [6, 6.07) is 10.5. The van der Waals surface area contributed by atoms with E-state index < -0.39 is 0 Å². The van der Waals surface area contributed by atoms with Crippen molar-refractivity contribution in [2.75, 3.05) is 13.1 Å². The molecule has 1 aromatic carbocycles. The molecule has 1 atom stereocenters. The molecule has 0 spiro atoms. The van der Waals surface area contributed by atoms with Gasteiger partial charge in [-0.25, -0.2) is 4.98 Å². The van der Waals surface area contributed by atoms with Gasteiger partial charge in [0.1, 0.15) is 6.26 Å². The van der Waals surface area contributed by atoms with E-state index in [1.165, 1.54) is 11.8 Å². The SMILES string of the molecule is Cc1cc(-c2[nH]c3ccc(-c4nc(C(=O)NC5CCCNC5)co4)cc3c2C(C)C)cc(C)n1. The number of carbonyl (C=O) groups is 1. The Hall–Kier alpha value is -3.45. The molecule has 34 heavy (non-hydrogen) atoms. The van der Waals surface area contributed by atoms with Crippen LogP contribution in [0.3, 0.4) is 0 Å². The Balaban J connectivity index is 1.48. The van der Waals surface area contributed by atoms with Crippen LogP contribution in [0.15, 0.2) is 41.0 Å². The van der Waals surface area contributed by atoms with Gasteiger partial charge in [0.2, 0.25) is 5.89 Å². The highest BCUT2D eigenvalue weighted by Crippen LogP contribution is 2.37. The molecule has 0 radical (unpaired) electrons. The van der Waals surface area contributed by atoms with Gasteiger partial charge in [-0.3, -0.25) is 9.78 Å². The van der Waals surface area contributed by atoms with E-state index in [9.17, 15) is 4.79 Å². The summed E-state index contributed by atoms with van der Waals surface area (Å²) in [5.41, 5.74) is 7.71. The van der Waals surface area contributed by atoms with Gasteiger partial charge in [-0.1, -0.05) is 13.8 Å². The average molecular weight is 458 g/mol. The van der Waals surface area contributed by atoms with E-state index in [1.54, 1.807) is 0 Å². The first kappa shape index (κ1) is 22.3. The molecule has 5 rings (SSSR count). The van der Waals surface area contributed by atoms with Crippen LogP contribution in [0.1, 0.15) is 60.0 Å². The topological polar surface area (TPSA) is 95.8 Å². The fourth-order valence-electron chi connectivity index (χ4n) is 4.90. The van der Waals surface area contributed by atoms with E-state index in [-0.39, 0.29) is 11.9 Å². The number of hydrogen-bond acceptors (Lipinski definition) is 5. The minimum absolute atomic E-state index is 0.130. The lowest BCUT2D eigenvalue weighted by atomic mass is 9.95. The molecular formula is C27H31N5O2. The molecule has 1 amide bonds. The third-order valence-corrected chi connectivity index (χ3v) is 6.40.